The summed E-state index contributed by atoms with van der Waals surface area (Å²) in [5.74, 6) is -0.305. The van der Waals surface area contributed by atoms with Crippen LogP contribution in [0, 0.1) is 6.92 Å². The predicted molar refractivity (Wildman–Crippen MR) is 70.9 cm³/mol. The Labute approximate surface area is 107 Å². The van der Waals surface area contributed by atoms with Gasteiger partial charge in [0.15, 0.2) is 0 Å². The van der Waals surface area contributed by atoms with Crippen LogP contribution in [0.15, 0.2) is 18.2 Å². The van der Waals surface area contributed by atoms with Crippen LogP contribution in [-0.4, -0.2) is 32.2 Å². The van der Waals surface area contributed by atoms with E-state index >= 15 is 0 Å². The number of aromatic amines is 1. The molecule has 18 heavy (non-hydrogen) atoms. The summed E-state index contributed by atoms with van der Waals surface area (Å²) < 4.78 is 4.84. The fraction of sp³-hybridized carbons (Fsp3) is 0.357. The Bertz CT molecular complexity index is 585. The normalized spacial score (nSPS) is 11.2. The van der Waals surface area contributed by atoms with Crippen LogP contribution in [0.3, 0.4) is 0 Å². The third-order valence-electron chi connectivity index (χ3n) is 2.98. The zero-order valence-electron chi connectivity index (χ0n) is 11.3. The maximum Gasteiger partial charge on any atom is 0.355 e. The molecule has 1 aromatic heterocycles. The highest BCUT2D eigenvalue weighted by Crippen LogP contribution is 2.23. The number of rotatable bonds is 3. The van der Waals surface area contributed by atoms with Crippen molar-refractivity contribution in [2.75, 3.05) is 21.2 Å². The van der Waals surface area contributed by atoms with E-state index in [1.54, 1.807) is 0 Å². The molecule has 0 fully saturated rings. The lowest BCUT2D eigenvalue weighted by molar-refractivity contribution is -0.872. The summed E-state index contributed by atoms with van der Waals surface area (Å²) in [6.45, 7) is 2.84. The lowest BCUT2D eigenvalue weighted by Gasteiger charge is -2.08. The molecule has 2 aromatic rings. The minimum Gasteiger partial charge on any atom is -0.464 e. The number of H-pyrrole nitrogens is 1. The third-order valence-corrected chi connectivity index (χ3v) is 2.98. The Morgan fingerprint density at radius 2 is 2.11 bits per heavy atom. The first-order valence-electron chi connectivity index (χ1n) is 6.01. The van der Waals surface area contributed by atoms with Crippen molar-refractivity contribution < 1.29 is 14.4 Å². The van der Waals surface area contributed by atoms with E-state index in [9.17, 15) is 4.79 Å². The quantitative estimate of drug-likeness (QED) is 0.792. The minimum atomic E-state index is -0.305. The maximum atomic E-state index is 11.8. The average molecular weight is 247 g/mol. The average Bonchev–Trinajstić information content (AvgIpc) is 2.66. The van der Waals surface area contributed by atoms with Gasteiger partial charge in [-0.05, 0) is 19.1 Å². The van der Waals surface area contributed by atoms with E-state index in [-0.39, 0.29) is 5.97 Å². The number of quaternary nitrogens is 1. The Morgan fingerprint density at radius 1 is 1.39 bits per heavy atom. The molecule has 2 N–H and O–H groups in total. The molecule has 1 heterocycles. The van der Waals surface area contributed by atoms with Crippen molar-refractivity contribution in [3.8, 4) is 0 Å². The van der Waals surface area contributed by atoms with E-state index in [0.717, 1.165) is 23.0 Å². The highest BCUT2D eigenvalue weighted by molar-refractivity contribution is 5.98. The van der Waals surface area contributed by atoms with Gasteiger partial charge in [-0.1, -0.05) is 11.6 Å². The number of methoxy groups -OCH3 is 1. The molecule has 0 saturated heterocycles. The van der Waals surface area contributed by atoms with Gasteiger partial charge in [0.1, 0.15) is 12.2 Å². The molecule has 4 nitrogen and oxygen atoms in total. The van der Waals surface area contributed by atoms with Gasteiger partial charge in [0, 0.05) is 16.5 Å². The van der Waals surface area contributed by atoms with Crippen molar-refractivity contribution in [2.45, 2.75) is 13.5 Å². The summed E-state index contributed by atoms with van der Waals surface area (Å²) in [6.07, 6.45) is 0. The summed E-state index contributed by atoms with van der Waals surface area (Å²) in [4.78, 5) is 16.2. The van der Waals surface area contributed by atoms with Gasteiger partial charge >= 0.3 is 5.97 Å². The fourth-order valence-corrected chi connectivity index (χ4v) is 2.18. The molecule has 0 amide bonds. The number of nitrogens with one attached hydrogen (secondary N) is 2. The van der Waals surface area contributed by atoms with E-state index in [2.05, 4.69) is 32.1 Å². The molecular weight excluding hydrogens is 228 g/mol. The molecule has 0 saturated carbocycles. The second kappa shape index (κ2) is 4.82. The monoisotopic (exact) mass is 247 g/mol. The molecule has 2 rings (SSSR count). The highest BCUT2D eigenvalue weighted by Gasteiger charge is 2.20. The first-order chi connectivity index (χ1) is 8.52. The number of aromatic nitrogens is 1. The van der Waals surface area contributed by atoms with Crippen molar-refractivity contribution in [1.82, 2.24) is 4.98 Å². The second-order valence-electron chi connectivity index (χ2n) is 4.90. The van der Waals surface area contributed by atoms with Gasteiger partial charge in [-0.2, -0.15) is 0 Å². The Balaban J connectivity index is 2.65. The molecule has 0 aliphatic carbocycles. The number of ether oxygens (including phenoxy) is 1. The first-order valence-corrected chi connectivity index (χ1v) is 6.01. The number of benzene rings is 1. The van der Waals surface area contributed by atoms with Crippen LogP contribution >= 0.6 is 0 Å². The molecule has 4 heteroatoms. The zero-order valence-corrected chi connectivity index (χ0v) is 11.3. The fourth-order valence-electron chi connectivity index (χ4n) is 2.18. The highest BCUT2D eigenvalue weighted by atomic mass is 16.5. The number of hydrogen-bond acceptors (Lipinski definition) is 2. The van der Waals surface area contributed by atoms with Gasteiger partial charge in [-0.15, -0.1) is 0 Å². The predicted octanol–water partition coefficient (Wildman–Crippen LogP) is 0.907. The molecule has 1 aromatic carbocycles. The summed E-state index contributed by atoms with van der Waals surface area (Å²) in [6, 6.07) is 6.15. The van der Waals surface area contributed by atoms with E-state index < -0.39 is 0 Å². The Kier molecular flexibility index (Phi) is 3.39. The molecular formula is C14H19N2O2+. The standard InChI is InChI=1S/C14H18N2O2/c1-9-5-6-12-10(7-9)11(8-16(2)3)13(15-12)14(17)18-4/h5-7,15H,8H2,1-4H3/p+1. The van der Waals surface area contributed by atoms with Crippen molar-refractivity contribution in [3.05, 3.63) is 35.0 Å². The van der Waals surface area contributed by atoms with Crippen molar-refractivity contribution in [2.24, 2.45) is 0 Å². The number of fused-ring (bicyclic) bond motifs is 1. The van der Waals surface area contributed by atoms with Crippen LogP contribution in [0.25, 0.3) is 10.9 Å². The van der Waals surface area contributed by atoms with Crippen LogP contribution in [0.5, 0.6) is 0 Å². The molecule has 96 valence electrons. The number of carbonyl (C=O) groups is 1. The van der Waals surface area contributed by atoms with E-state index in [4.69, 9.17) is 4.74 Å². The van der Waals surface area contributed by atoms with Crippen LogP contribution in [-0.2, 0) is 11.3 Å². The first kappa shape index (κ1) is 12.6. The summed E-state index contributed by atoms with van der Waals surface area (Å²) in [5, 5.41) is 1.11. The molecule has 0 unspecified atom stereocenters. The zero-order chi connectivity index (χ0) is 13.3. The van der Waals surface area contributed by atoms with E-state index in [1.165, 1.54) is 17.6 Å². The maximum absolute atomic E-state index is 11.8. The summed E-state index contributed by atoms with van der Waals surface area (Å²) in [5.41, 5.74) is 3.77. The molecule has 0 bridgehead atoms. The van der Waals surface area contributed by atoms with Crippen molar-refractivity contribution in [3.63, 3.8) is 0 Å². The van der Waals surface area contributed by atoms with Gasteiger partial charge in [0.2, 0.25) is 0 Å². The number of esters is 1. The van der Waals surface area contributed by atoms with Gasteiger partial charge < -0.3 is 14.6 Å². The lowest BCUT2D eigenvalue weighted by atomic mass is 10.1. The van der Waals surface area contributed by atoms with Gasteiger partial charge in [-0.25, -0.2) is 4.79 Å². The molecule has 0 atom stereocenters. The van der Waals surface area contributed by atoms with Gasteiger partial charge in [-0.3, -0.25) is 0 Å². The number of hydrogen-bond donors (Lipinski definition) is 2. The summed E-state index contributed by atoms with van der Waals surface area (Å²) >= 11 is 0. The van der Waals surface area contributed by atoms with Gasteiger partial charge in [0.05, 0.1) is 21.2 Å². The molecule has 0 aliphatic rings. The second-order valence-corrected chi connectivity index (χ2v) is 4.90. The van der Waals surface area contributed by atoms with Crippen molar-refractivity contribution >= 4 is 16.9 Å². The molecule has 0 aliphatic heterocycles. The lowest BCUT2D eigenvalue weighted by Crippen LogP contribution is -3.04. The molecule has 0 spiro atoms. The van der Waals surface area contributed by atoms with Crippen LogP contribution < -0.4 is 4.90 Å². The number of aryl methyl sites for hydroxylation is 1. The Hall–Kier alpha value is -1.81. The number of carbonyl (C=O) groups excluding carboxylic acids is 1. The summed E-state index contributed by atoms with van der Waals surface area (Å²) in [7, 11) is 5.54. The van der Waals surface area contributed by atoms with Crippen molar-refractivity contribution in [1.29, 1.82) is 0 Å². The largest absolute Gasteiger partial charge is 0.464 e. The van der Waals surface area contributed by atoms with E-state index in [1.807, 2.05) is 12.1 Å². The SMILES string of the molecule is COC(=O)c1[nH]c2ccc(C)cc2c1C[NH+](C)C. The van der Waals surface area contributed by atoms with Crippen LogP contribution in [0.1, 0.15) is 21.6 Å². The van der Waals surface area contributed by atoms with Gasteiger partial charge in [0.25, 0.3) is 0 Å². The molecule has 0 radical (unpaired) electrons. The van der Waals surface area contributed by atoms with E-state index in [0.29, 0.717) is 5.69 Å². The Morgan fingerprint density at radius 3 is 2.72 bits per heavy atom. The third kappa shape index (κ3) is 2.24. The van der Waals surface area contributed by atoms with Crippen LogP contribution in [0.4, 0.5) is 0 Å². The topological polar surface area (TPSA) is 46.5 Å². The van der Waals surface area contributed by atoms with Crippen LogP contribution in [0.2, 0.25) is 0 Å². The minimum absolute atomic E-state index is 0.305. The smallest absolute Gasteiger partial charge is 0.355 e.